The second kappa shape index (κ2) is 6.81. The molecule has 1 heterocycles. The van der Waals surface area contributed by atoms with E-state index in [0.717, 1.165) is 12.2 Å². The van der Waals surface area contributed by atoms with Crippen molar-refractivity contribution in [2.24, 2.45) is 0 Å². The van der Waals surface area contributed by atoms with Gasteiger partial charge in [-0.15, -0.1) is 10.2 Å². The molecule has 4 nitrogen and oxygen atoms in total. The number of thioether (sulfide) groups is 1. The molecule has 0 N–H and O–H groups in total. The summed E-state index contributed by atoms with van der Waals surface area (Å²) in [6.45, 7) is 2.07. The van der Waals surface area contributed by atoms with Crippen LogP contribution in [0.4, 0.5) is 0 Å². The van der Waals surface area contributed by atoms with Crippen LogP contribution in [-0.4, -0.2) is 46.1 Å². The summed E-state index contributed by atoms with van der Waals surface area (Å²) >= 11 is 7.36. The summed E-state index contributed by atoms with van der Waals surface area (Å²) in [7, 11) is 1.79. The van der Waals surface area contributed by atoms with Crippen LogP contribution in [0.2, 0.25) is 5.15 Å². The number of hydrogen-bond donors (Lipinski definition) is 0. The summed E-state index contributed by atoms with van der Waals surface area (Å²) in [6.07, 6.45) is 2.95. The van der Waals surface area contributed by atoms with E-state index in [9.17, 15) is 4.79 Å². The second-order valence-corrected chi connectivity index (χ2v) is 4.97. The van der Waals surface area contributed by atoms with Gasteiger partial charge in [-0.1, -0.05) is 18.5 Å². The Hall–Kier alpha value is -0.810. The summed E-state index contributed by atoms with van der Waals surface area (Å²) in [6, 6.07) is 3.39. The maximum absolute atomic E-state index is 12.1. The van der Waals surface area contributed by atoms with Crippen LogP contribution in [0.25, 0.3) is 0 Å². The molecular formula is C11H16ClN3OS. The molecule has 1 aromatic heterocycles. The lowest BCUT2D eigenvalue weighted by atomic mass is 10.2. The predicted octanol–water partition coefficient (Wildman–Crippen LogP) is 2.34. The van der Waals surface area contributed by atoms with Crippen molar-refractivity contribution >= 4 is 29.3 Å². The third-order valence-electron chi connectivity index (χ3n) is 2.55. The molecule has 0 fully saturated rings. The number of carbonyl (C=O) groups is 1. The Balaban J connectivity index is 2.77. The van der Waals surface area contributed by atoms with Gasteiger partial charge in [0.15, 0.2) is 10.8 Å². The molecule has 1 unspecified atom stereocenters. The summed E-state index contributed by atoms with van der Waals surface area (Å²) in [5.74, 6) is 0.801. The predicted molar refractivity (Wildman–Crippen MR) is 71.6 cm³/mol. The van der Waals surface area contributed by atoms with Crippen molar-refractivity contribution in [3.8, 4) is 0 Å². The van der Waals surface area contributed by atoms with E-state index < -0.39 is 0 Å². The maximum atomic E-state index is 12.1. The van der Waals surface area contributed by atoms with Gasteiger partial charge in [0.05, 0.1) is 0 Å². The number of carbonyl (C=O) groups excluding carboxylic acids is 1. The summed E-state index contributed by atoms with van der Waals surface area (Å²) < 4.78 is 0. The minimum absolute atomic E-state index is 0.116. The van der Waals surface area contributed by atoms with Crippen molar-refractivity contribution in [3.63, 3.8) is 0 Å². The van der Waals surface area contributed by atoms with Crippen LogP contribution in [0.3, 0.4) is 0 Å². The van der Waals surface area contributed by atoms with Gasteiger partial charge in [0, 0.05) is 18.8 Å². The van der Waals surface area contributed by atoms with Gasteiger partial charge in [0.1, 0.15) is 0 Å². The molecule has 1 aromatic rings. The average Bonchev–Trinajstić information content (AvgIpc) is 2.35. The lowest BCUT2D eigenvalue weighted by Crippen LogP contribution is -2.38. The first-order valence-electron chi connectivity index (χ1n) is 5.35. The Morgan fingerprint density at radius 1 is 1.53 bits per heavy atom. The number of nitrogens with zero attached hydrogens (tertiary/aromatic N) is 3. The van der Waals surface area contributed by atoms with E-state index >= 15 is 0 Å². The molecule has 0 aromatic carbocycles. The van der Waals surface area contributed by atoms with Crippen molar-refractivity contribution < 1.29 is 4.79 Å². The van der Waals surface area contributed by atoms with E-state index in [1.807, 2.05) is 6.26 Å². The fraction of sp³-hybridized carbons (Fsp3) is 0.545. The van der Waals surface area contributed by atoms with Crippen LogP contribution < -0.4 is 0 Å². The first-order chi connectivity index (χ1) is 8.10. The highest BCUT2D eigenvalue weighted by Gasteiger charge is 2.20. The third kappa shape index (κ3) is 3.85. The zero-order valence-electron chi connectivity index (χ0n) is 10.2. The molecule has 0 aliphatic carbocycles. The Labute approximate surface area is 111 Å². The minimum Gasteiger partial charge on any atom is -0.337 e. The van der Waals surface area contributed by atoms with Crippen molar-refractivity contribution in [1.82, 2.24) is 15.1 Å². The number of aromatic nitrogens is 2. The number of hydrogen-bond acceptors (Lipinski definition) is 4. The third-order valence-corrected chi connectivity index (χ3v) is 3.47. The molecule has 0 saturated carbocycles. The van der Waals surface area contributed by atoms with Crippen LogP contribution in [0.5, 0.6) is 0 Å². The number of amides is 1. The molecule has 94 valence electrons. The number of halogens is 1. The van der Waals surface area contributed by atoms with E-state index in [1.54, 1.807) is 35.8 Å². The molecular weight excluding hydrogens is 258 g/mol. The fourth-order valence-electron chi connectivity index (χ4n) is 1.47. The maximum Gasteiger partial charge on any atom is 0.274 e. The van der Waals surface area contributed by atoms with Gasteiger partial charge in [0.2, 0.25) is 0 Å². The van der Waals surface area contributed by atoms with E-state index in [2.05, 4.69) is 17.1 Å². The first kappa shape index (κ1) is 14.3. The molecule has 1 rings (SSSR count). The highest BCUT2D eigenvalue weighted by atomic mass is 35.5. The van der Waals surface area contributed by atoms with Gasteiger partial charge in [-0.05, 0) is 24.8 Å². The van der Waals surface area contributed by atoms with Gasteiger partial charge in [-0.2, -0.15) is 11.8 Å². The normalized spacial score (nSPS) is 12.2. The van der Waals surface area contributed by atoms with Crippen molar-refractivity contribution in [1.29, 1.82) is 0 Å². The zero-order chi connectivity index (χ0) is 12.8. The Kier molecular flexibility index (Phi) is 5.71. The summed E-state index contributed by atoms with van der Waals surface area (Å²) in [4.78, 5) is 13.8. The van der Waals surface area contributed by atoms with Crippen LogP contribution in [0, 0.1) is 0 Å². The molecule has 0 bridgehead atoms. The Morgan fingerprint density at radius 2 is 2.24 bits per heavy atom. The molecule has 17 heavy (non-hydrogen) atoms. The molecule has 0 saturated heterocycles. The largest absolute Gasteiger partial charge is 0.337 e. The summed E-state index contributed by atoms with van der Waals surface area (Å²) in [5.41, 5.74) is 0.330. The number of rotatable bonds is 5. The molecule has 0 spiro atoms. The SMILES string of the molecule is CCC(CSC)N(C)C(=O)c1ccc(Cl)nn1. The smallest absolute Gasteiger partial charge is 0.274 e. The highest BCUT2D eigenvalue weighted by Crippen LogP contribution is 2.12. The zero-order valence-corrected chi connectivity index (χ0v) is 11.8. The Bertz CT molecular complexity index is 371. The average molecular weight is 274 g/mol. The van der Waals surface area contributed by atoms with E-state index in [1.165, 1.54) is 0 Å². The van der Waals surface area contributed by atoms with E-state index in [-0.39, 0.29) is 11.9 Å². The molecule has 6 heteroatoms. The Morgan fingerprint density at radius 3 is 2.71 bits per heavy atom. The second-order valence-electron chi connectivity index (χ2n) is 3.67. The van der Waals surface area contributed by atoms with Crippen molar-refractivity contribution in [3.05, 3.63) is 23.0 Å². The van der Waals surface area contributed by atoms with E-state index in [4.69, 9.17) is 11.6 Å². The standard InChI is InChI=1S/C11H16ClN3OS/c1-4-8(7-17-3)15(2)11(16)9-5-6-10(12)14-13-9/h5-6,8H,4,7H2,1-3H3. The van der Waals surface area contributed by atoms with Crippen molar-refractivity contribution in [2.75, 3.05) is 19.1 Å². The van der Waals surface area contributed by atoms with Gasteiger partial charge < -0.3 is 4.90 Å². The lowest BCUT2D eigenvalue weighted by molar-refractivity contribution is 0.0736. The van der Waals surface area contributed by atoms with Crippen LogP contribution in [0.15, 0.2) is 12.1 Å². The quantitative estimate of drug-likeness (QED) is 0.826. The van der Waals surface area contributed by atoms with Crippen LogP contribution in [0.1, 0.15) is 23.8 Å². The minimum atomic E-state index is -0.116. The van der Waals surface area contributed by atoms with Gasteiger partial charge >= 0.3 is 0 Å². The topological polar surface area (TPSA) is 46.1 Å². The molecule has 0 aliphatic heterocycles. The fourth-order valence-corrected chi connectivity index (χ4v) is 2.42. The summed E-state index contributed by atoms with van der Waals surface area (Å²) in [5, 5.41) is 7.76. The van der Waals surface area contributed by atoms with Crippen molar-refractivity contribution in [2.45, 2.75) is 19.4 Å². The molecule has 1 amide bonds. The van der Waals surface area contributed by atoms with Crippen LogP contribution in [-0.2, 0) is 0 Å². The first-order valence-corrected chi connectivity index (χ1v) is 7.12. The lowest BCUT2D eigenvalue weighted by Gasteiger charge is -2.26. The molecule has 0 aliphatic rings. The highest BCUT2D eigenvalue weighted by molar-refractivity contribution is 7.98. The van der Waals surface area contributed by atoms with Gasteiger partial charge in [-0.25, -0.2) is 0 Å². The van der Waals surface area contributed by atoms with Gasteiger partial charge in [0.25, 0.3) is 5.91 Å². The van der Waals surface area contributed by atoms with Crippen LogP contribution >= 0.6 is 23.4 Å². The molecule has 0 radical (unpaired) electrons. The van der Waals surface area contributed by atoms with Gasteiger partial charge in [-0.3, -0.25) is 4.79 Å². The monoisotopic (exact) mass is 273 g/mol. The van der Waals surface area contributed by atoms with E-state index in [0.29, 0.717) is 10.8 Å². The molecule has 1 atom stereocenters.